The first-order chi connectivity index (χ1) is 19.6. The molecule has 0 spiro atoms. The fraction of sp³-hybridized carbons (Fsp3) is 0.933. The summed E-state index contributed by atoms with van der Waals surface area (Å²) < 4.78 is 12.0. The lowest BCUT2D eigenvalue weighted by Crippen LogP contribution is -2.55. The summed E-state index contributed by atoms with van der Waals surface area (Å²) in [5.41, 5.74) is 8.75. The van der Waals surface area contributed by atoms with Gasteiger partial charge in [0.2, 0.25) is 5.91 Å². The lowest BCUT2D eigenvalue weighted by Gasteiger charge is -2.44. The summed E-state index contributed by atoms with van der Waals surface area (Å²) >= 11 is 6.51. The molecule has 5 aliphatic rings. The highest BCUT2D eigenvalue weighted by molar-refractivity contribution is 6.71. The molecule has 0 aromatic rings. The van der Waals surface area contributed by atoms with Gasteiger partial charge in [-0.15, -0.1) is 11.6 Å². The van der Waals surface area contributed by atoms with Crippen LogP contribution in [-0.4, -0.2) is 91.9 Å². The van der Waals surface area contributed by atoms with Gasteiger partial charge in [-0.25, -0.2) is 10.9 Å². The van der Waals surface area contributed by atoms with E-state index in [-0.39, 0.29) is 41.9 Å². The van der Waals surface area contributed by atoms with E-state index in [4.69, 9.17) is 26.1 Å². The van der Waals surface area contributed by atoms with Crippen molar-refractivity contribution in [3.05, 3.63) is 0 Å². The van der Waals surface area contributed by atoms with E-state index in [9.17, 15) is 9.59 Å². The maximum Gasteiger partial charge on any atom is 0.222 e. The average molecular weight is 612 g/mol. The van der Waals surface area contributed by atoms with Crippen LogP contribution in [-0.2, 0) is 14.3 Å². The van der Waals surface area contributed by atoms with Gasteiger partial charge in [0.15, 0.2) is 8.32 Å². The molecular weight excluding hydrogens is 558 g/mol. The minimum atomic E-state index is -2.06. The number of amides is 1. The maximum absolute atomic E-state index is 13.3. The summed E-state index contributed by atoms with van der Waals surface area (Å²) in [5.74, 6) is 0.807. The van der Waals surface area contributed by atoms with E-state index in [0.717, 1.165) is 70.6 Å². The number of nitrogens with one attached hydrogen (secondary N) is 3. The van der Waals surface area contributed by atoms with Gasteiger partial charge in [0.1, 0.15) is 0 Å². The van der Waals surface area contributed by atoms with Crippen LogP contribution in [0.2, 0.25) is 18.6 Å². The molecule has 0 aromatic heterocycles. The summed E-state index contributed by atoms with van der Waals surface area (Å²) in [4.78, 5) is 31.8. The first kappa shape index (κ1) is 31.8. The summed E-state index contributed by atoms with van der Waals surface area (Å²) in [6, 6.07) is 0.219. The molecule has 9 nitrogen and oxygen atoms in total. The summed E-state index contributed by atoms with van der Waals surface area (Å²) in [6.45, 7) is 7.33. The Bertz CT molecular complexity index is 906. The fourth-order valence-electron chi connectivity index (χ4n) is 8.27. The number of halogens is 1. The zero-order chi connectivity index (χ0) is 29.1. The molecule has 5 rings (SSSR count). The number of hydrogen-bond acceptors (Lipinski definition) is 8. The number of aliphatic imine (C=N–C) groups is 1. The van der Waals surface area contributed by atoms with E-state index < -0.39 is 8.32 Å². The number of ether oxygens (including phenoxy) is 2. The number of carbonyl (C=O) groups excluding carboxylic acids is 1. The Kier molecular flexibility index (Phi) is 10.9. The molecule has 0 bridgehead atoms. The van der Waals surface area contributed by atoms with Gasteiger partial charge in [0.05, 0.1) is 43.6 Å². The monoisotopic (exact) mass is 611 g/mol. The van der Waals surface area contributed by atoms with Crippen molar-refractivity contribution in [2.45, 2.75) is 145 Å². The third kappa shape index (κ3) is 7.74. The highest BCUT2D eigenvalue weighted by Crippen LogP contribution is 2.42. The molecule has 4 fully saturated rings. The lowest BCUT2D eigenvalue weighted by atomic mass is 9.72. The van der Waals surface area contributed by atoms with Crippen molar-refractivity contribution in [3.8, 4) is 0 Å². The molecule has 3 saturated carbocycles. The van der Waals surface area contributed by atoms with Gasteiger partial charge in [-0.05, 0) is 102 Å². The average Bonchev–Trinajstić information content (AvgIpc) is 3.28. The van der Waals surface area contributed by atoms with Crippen LogP contribution < -0.4 is 16.2 Å². The predicted molar refractivity (Wildman–Crippen MR) is 165 cm³/mol. The molecule has 41 heavy (non-hydrogen) atoms. The second-order valence-electron chi connectivity index (χ2n) is 13.8. The van der Waals surface area contributed by atoms with Crippen molar-refractivity contribution in [1.82, 2.24) is 21.1 Å². The molecule has 2 aliphatic heterocycles. The van der Waals surface area contributed by atoms with Crippen molar-refractivity contribution < 1.29 is 19.1 Å². The highest BCUT2D eigenvalue weighted by atomic mass is 35.5. The summed E-state index contributed by atoms with van der Waals surface area (Å²) in [6.07, 6.45) is 12.5. The van der Waals surface area contributed by atoms with Gasteiger partial charge < -0.3 is 19.6 Å². The Labute approximate surface area is 253 Å². The zero-order valence-corrected chi connectivity index (χ0v) is 27.4. The summed E-state index contributed by atoms with van der Waals surface area (Å²) in [5, 5.41) is 3.39. The molecule has 11 heteroatoms. The number of rotatable bonds is 9. The molecule has 4 N–H and O–H groups in total. The van der Waals surface area contributed by atoms with Crippen molar-refractivity contribution >= 4 is 31.5 Å². The third-order valence-corrected chi connectivity index (χ3v) is 13.7. The normalized spacial score (nSPS) is 40.3. The van der Waals surface area contributed by atoms with Crippen LogP contribution in [0, 0.1) is 11.8 Å². The second-order valence-corrected chi connectivity index (χ2v) is 18.6. The third-order valence-electron chi connectivity index (χ3n) is 10.7. The Morgan fingerprint density at radius 1 is 1.07 bits per heavy atom. The molecular formula is C30H54ClN5O4Si. The van der Waals surface area contributed by atoms with Gasteiger partial charge in [-0.2, -0.15) is 0 Å². The number of nitrogens with zero attached hydrogens (tertiary/aromatic N) is 2. The largest absolute Gasteiger partial charge is 0.432 e. The molecule has 0 radical (unpaired) electrons. The predicted octanol–water partition coefficient (Wildman–Crippen LogP) is 3.91. The van der Waals surface area contributed by atoms with E-state index in [2.05, 4.69) is 28.0 Å². The van der Waals surface area contributed by atoms with Gasteiger partial charge in [0, 0.05) is 36.7 Å². The van der Waals surface area contributed by atoms with Crippen LogP contribution in [0.1, 0.15) is 84.0 Å². The van der Waals surface area contributed by atoms with Crippen LogP contribution in [0.25, 0.3) is 0 Å². The Hall–Kier alpha value is -0.593. The maximum atomic E-state index is 13.3. The minimum absolute atomic E-state index is 0.0185. The van der Waals surface area contributed by atoms with E-state index in [1.165, 1.54) is 5.71 Å². The number of hydrazine groups is 1. The minimum Gasteiger partial charge on any atom is -0.432 e. The molecule has 1 amide bonds. The van der Waals surface area contributed by atoms with Crippen LogP contribution in [0.15, 0.2) is 4.99 Å². The molecule has 6 atom stereocenters. The quantitative estimate of drug-likeness (QED) is 0.178. The molecule has 3 aliphatic carbocycles. The number of carbonyl (C=O) groups is 1. The van der Waals surface area contributed by atoms with Crippen LogP contribution in [0.4, 0.5) is 0 Å². The zero-order valence-electron chi connectivity index (χ0n) is 25.6. The molecule has 2 heterocycles. The first-order valence-corrected chi connectivity index (χ1v) is 19.7. The van der Waals surface area contributed by atoms with Gasteiger partial charge in [0.25, 0.3) is 0 Å². The van der Waals surface area contributed by atoms with Crippen LogP contribution in [0.3, 0.4) is 0 Å². The van der Waals surface area contributed by atoms with E-state index in [1.54, 1.807) is 0 Å². The van der Waals surface area contributed by atoms with Crippen LogP contribution in [0.5, 0.6) is 0 Å². The van der Waals surface area contributed by atoms with Gasteiger partial charge in [-0.3, -0.25) is 14.7 Å². The van der Waals surface area contributed by atoms with E-state index >= 15 is 0 Å². The number of alkyl halides is 1. The van der Waals surface area contributed by atoms with Crippen molar-refractivity contribution in [2.24, 2.45) is 16.8 Å². The van der Waals surface area contributed by atoms with Crippen molar-refractivity contribution in [2.75, 3.05) is 20.3 Å². The Morgan fingerprint density at radius 2 is 1.78 bits per heavy atom. The fourth-order valence-corrected chi connectivity index (χ4v) is 10.3. The SMILES string of the molecule is COC1CCC2C(C1)C(C1CCC(Cl)CC1)=N[C@@H](CC(=O)NCCOC1CCC([Si](C)(C)O)CC1)C1NNC(C)N21. The smallest absolute Gasteiger partial charge is 0.222 e. The summed E-state index contributed by atoms with van der Waals surface area (Å²) in [7, 11) is -0.227. The van der Waals surface area contributed by atoms with Gasteiger partial charge >= 0.3 is 0 Å². The van der Waals surface area contributed by atoms with E-state index in [0.29, 0.717) is 43.0 Å². The molecule has 234 valence electrons. The Morgan fingerprint density at radius 3 is 2.46 bits per heavy atom. The number of methoxy groups -OCH3 is 1. The number of fused-ring (bicyclic) bond motifs is 3. The lowest BCUT2D eigenvalue weighted by molar-refractivity contribution is -0.122. The first-order valence-electron chi connectivity index (χ1n) is 16.3. The van der Waals surface area contributed by atoms with Crippen molar-refractivity contribution in [1.29, 1.82) is 0 Å². The second kappa shape index (κ2) is 14.0. The Balaban J connectivity index is 1.22. The highest BCUT2D eigenvalue weighted by Gasteiger charge is 2.50. The van der Waals surface area contributed by atoms with Crippen molar-refractivity contribution in [3.63, 3.8) is 0 Å². The topological polar surface area (TPSA) is 107 Å². The van der Waals surface area contributed by atoms with E-state index in [1.807, 2.05) is 20.2 Å². The standard InChI is InChI=1S/C30H54ClN5O4Si/c1-19-34-35-30-26(18-28(37)32-15-16-40-22-9-12-24(13-10-22)41(3,4)38)33-29(20-5-7-21(31)8-6-20)25-17-23(39-2)11-14-27(25)36(19)30/h19-27,30,34-35,38H,5-18H2,1-4H3,(H,32,37)/t19?,20?,21?,22?,23?,24?,25?,26-,27?,30?/m0/s1. The molecule has 1 saturated heterocycles. The van der Waals surface area contributed by atoms with Gasteiger partial charge in [-0.1, -0.05) is 0 Å². The molecule has 0 aromatic carbocycles. The number of hydrogen-bond donors (Lipinski definition) is 4. The van der Waals surface area contributed by atoms with Crippen LogP contribution >= 0.6 is 11.6 Å². The molecule has 5 unspecified atom stereocenters.